The lowest BCUT2D eigenvalue weighted by molar-refractivity contribution is -0.115. The Balaban J connectivity index is 2.34. The number of urea groups is 1. The normalized spacial score (nSPS) is 19.2. The van der Waals surface area contributed by atoms with Crippen molar-refractivity contribution in [1.29, 1.82) is 0 Å². The number of thiophene rings is 1. The van der Waals surface area contributed by atoms with Gasteiger partial charge in [-0.2, -0.15) is 11.3 Å². The van der Waals surface area contributed by atoms with Crippen LogP contribution in [0.3, 0.4) is 0 Å². The molecule has 2 rings (SSSR count). The van der Waals surface area contributed by atoms with E-state index in [1.54, 1.807) is 24.5 Å². The van der Waals surface area contributed by atoms with E-state index in [9.17, 15) is 9.59 Å². The highest BCUT2D eigenvalue weighted by Crippen LogP contribution is 2.16. The predicted molar refractivity (Wildman–Crippen MR) is 53.6 cm³/mol. The summed E-state index contributed by atoms with van der Waals surface area (Å²) in [4.78, 5) is 23.7. The van der Waals surface area contributed by atoms with Gasteiger partial charge >= 0.3 is 6.03 Å². The molecule has 0 atom stereocenters. The molecule has 0 unspecified atom stereocenters. The molecule has 14 heavy (non-hydrogen) atoms. The van der Waals surface area contributed by atoms with E-state index < -0.39 is 0 Å². The number of carbonyl (C=O) groups excluding carboxylic acids is 2. The lowest BCUT2D eigenvalue weighted by atomic mass is 10.2. The van der Waals surface area contributed by atoms with E-state index in [1.165, 1.54) is 4.90 Å². The van der Waals surface area contributed by atoms with Gasteiger partial charge in [-0.25, -0.2) is 4.79 Å². The molecule has 0 bridgehead atoms. The Morgan fingerprint density at radius 1 is 1.50 bits per heavy atom. The quantitative estimate of drug-likeness (QED) is 0.558. The van der Waals surface area contributed by atoms with Crippen molar-refractivity contribution in [2.45, 2.75) is 0 Å². The van der Waals surface area contributed by atoms with Crippen molar-refractivity contribution in [2.24, 2.45) is 0 Å². The second-order valence-electron chi connectivity index (χ2n) is 2.90. The molecule has 0 spiro atoms. The van der Waals surface area contributed by atoms with Crippen molar-refractivity contribution < 1.29 is 9.59 Å². The van der Waals surface area contributed by atoms with Crippen molar-refractivity contribution in [3.05, 3.63) is 28.1 Å². The summed E-state index contributed by atoms with van der Waals surface area (Å²) in [7, 11) is 1.57. The average molecular weight is 208 g/mol. The fourth-order valence-corrected chi connectivity index (χ4v) is 1.80. The molecule has 1 aliphatic rings. The number of likely N-dealkylation sites (N-methyl/N-ethyl adjacent to an activating group) is 1. The van der Waals surface area contributed by atoms with Crippen LogP contribution >= 0.6 is 11.3 Å². The number of carbonyl (C=O) groups is 2. The summed E-state index contributed by atoms with van der Waals surface area (Å²) < 4.78 is 0. The van der Waals surface area contributed by atoms with Crippen molar-refractivity contribution >= 4 is 29.4 Å². The topological polar surface area (TPSA) is 49.4 Å². The summed E-state index contributed by atoms with van der Waals surface area (Å²) in [5.41, 5.74) is 1.31. The van der Waals surface area contributed by atoms with Gasteiger partial charge in [0.15, 0.2) is 0 Å². The highest BCUT2D eigenvalue weighted by atomic mass is 32.1. The number of hydrogen-bond acceptors (Lipinski definition) is 3. The molecule has 1 saturated heterocycles. The molecule has 0 radical (unpaired) electrons. The molecule has 1 aromatic rings. The predicted octanol–water partition coefficient (Wildman–Crippen LogP) is 1.27. The van der Waals surface area contributed by atoms with Gasteiger partial charge in [-0.05, 0) is 28.5 Å². The van der Waals surface area contributed by atoms with E-state index in [0.29, 0.717) is 5.70 Å². The number of hydrogen-bond donors (Lipinski definition) is 1. The highest BCUT2D eigenvalue weighted by molar-refractivity contribution is 7.08. The maximum Gasteiger partial charge on any atom is 0.328 e. The monoisotopic (exact) mass is 208 g/mol. The second-order valence-corrected chi connectivity index (χ2v) is 3.68. The smallest absolute Gasteiger partial charge is 0.292 e. The van der Waals surface area contributed by atoms with Crippen LogP contribution < -0.4 is 5.32 Å². The Morgan fingerprint density at radius 2 is 2.29 bits per heavy atom. The van der Waals surface area contributed by atoms with E-state index in [-0.39, 0.29) is 11.9 Å². The zero-order valence-corrected chi connectivity index (χ0v) is 8.30. The SMILES string of the molecule is CN1C(=O)NC(=O)C1=Cc1ccsc1. The maximum absolute atomic E-state index is 11.3. The summed E-state index contributed by atoms with van der Waals surface area (Å²) in [6.07, 6.45) is 1.69. The van der Waals surface area contributed by atoms with Gasteiger partial charge in [0.1, 0.15) is 5.70 Å². The van der Waals surface area contributed by atoms with Crippen LogP contribution in [0.2, 0.25) is 0 Å². The van der Waals surface area contributed by atoms with Gasteiger partial charge in [-0.15, -0.1) is 0 Å². The Bertz CT molecular complexity index is 408. The van der Waals surface area contributed by atoms with E-state index in [0.717, 1.165) is 5.56 Å². The summed E-state index contributed by atoms with van der Waals surface area (Å²) in [6, 6.07) is 1.51. The van der Waals surface area contributed by atoms with E-state index >= 15 is 0 Å². The summed E-state index contributed by atoms with van der Waals surface area (Å²) >= 11 is 1.55. The number of nitrogens with zero attached hydrogens (tertiary/aromatic N) is 1. The van der Waals surface area contributed by atoms with Crippen LogP contribution in [0.1, 0.15) is 5.56 Å². The fourth-order valence-electron chi connectivity index (χ4n) is 1.18. The summed E-state index contributed by atoms with van der Waals surface area (Å²) in [6.45, 7) is 0. The minimum absolute atomic E-state index is 0.344. The molecule has 1 aromatic heterocycles. The molecule has 2 heterocycles. The molecule has 72 valence electrons. The molecule has 0 aromatic carbocycles. The number of nitrogens with one attached hydrogen (secondary N) is 1. The fraction of sp³-hybridized carbons (Fsp3) is 0.111. The average Bonchev–Trinajstić information content (AvgIpc) is 2.71. The van der Waals surface area contributed by atoms with Crippen LogP contribution in [0.4, 0.5) is 4.79 Å². The van der Waals surface area contributed by atoms with E-state index in [4.69, 9.17) is 0 Å². The van der Waals surface area contributed by atoms with Crippen LogP contribution in [0.15, 0.2) is 22.5 Å². The highest BCUT2D eigenvalue weighted by Gasteiger charge is 2.29. The van der Waals surface area contributed by atoms with E-state index in [2.05, 4.69) is 5.32 Å². The van der Waals surface area contributed by atoms with Crippen molar-refractivity contribution in [1.82, 2.24) is 10.2 Å². The molecular weight excluding hydrogens is 200 g/mol. The number of rotatable bonds is 1. The third-order valence-electron chi connectivity index (χ3n) is 1.97. The first kappa shape index (κ1) is 8.96. The van der Waals surface area contributed by atoms with Crippen molar-refractivity contribution in [3.63, 3.8) is 0 Å². The summed E-state index contributed by atoms with van der Waals surface area (Å²) in [5, 5.41) is 6.04. The number of imide groups is 1. The molecule has 5 heteroatoms. The third kappa shape index (κ3) is 1.42. The first-order valence-corrected chi connectivity index (χ1v) is 4.95. The molecule has 1 fully saturated rings. The van der Waals surface area contributed by atoms with Gasteiger partial charge in [-0.1, -0.05) is 0 Å². The molecule has 1 aliphatic heterocycles. The van der Waals surface area contributed by atoms with Crippen LogP contribution in [0.25, 0.3) is 6.08 Å². The second kappa shape index (κ2) is 3.26. The van der Waals surface area contributed by atoms with Gasteiger partial charge in [-0.3, -0.25) is 15.0 Å². The first-order chi connectivity index (χ1) is 6.68. The van der Waals surface area contributed by atoms with Gasteiger partial charge in [0.2, 0.25) is 0 Å². The van der Waals surface area contributed by atoms with Crippen LogP contribution in [0, 0.1) is 0 Å². The van der Waals surface area contributed by atoms with Crippen LogP contribution in [-0.4, -0.2) is 23.9 Å². The standard InChI is InChI=1S/C9H8N2O2S/c1-11-7(8(12)10-9(11)13)4-6-2-3-14-5-6/h2-5H,1H3,(H,10,12,13). The van der Waals surface area contributed by atoms with Gasteiger partial charge in [0, 0.05) is 7.05 Å². The Morgan fingerprint density at radius 3 is 2.79 bits per heavy atom. The molecule has 0 aliphatic carbocycles. The molecule has 1 N–H and O–H groups in total. The maximum atomic E-state index is 11.3. The van der Waals surface area contributed by atoms with E-state index in [1.807, 2.05) is 16.8 Å². The zero-order valence-electron chi connectivity index (χ0n) is 7.48. The van der Waals surface area contributed by atoms with Crippen molar-refractivity contribution in [3.8, 4) is 0 Å². The number of amides is 3. The summed E-state index contributed by atoms with van der Waals surface area (Å²) in [5.74, 6) is -0.344. The largest absolute Gasteiger partial charge is 0.328 e. The molecule has 3 amide bonds. The van der Waals surface area contributed by atoms with Gasteiger partial charge in [0.25, 0.3) is 5.91 Å². The van der Waals surface area contributed by atoms with Crippen LogP contribution in [-0.2, 0) is 4.79 Å². The van der Waals surface area contributed by atoms with Crippen LogP contribution in [0.5, 0.6) is 0 Å². The third-order valence-corrected chi connectivity index (χ3v) is 2.67. The molecular formula is C9H8N2O2S. The lowest BCUT2D eigenvalue weighted by Gasteiger charge is -2.05. The zero-order chi connectivity index (χ0) is 10.1. The lowest BCUT2D eigenvalue weighted by Crippen LogP contribution is -2.24. The molecule has 4 nitrogen and oxygen atoms in total. The minimum Gasteiger partial charge on any atom is -0.292 e. The molecule has 0 saturated carbocycles. The Kier molecular flexibility index (Phi) is 2.09. The Hall–Kier alpha value is -1.62. The van der Waals surface area contributed by atoms with Gasteiger partial charge < -0.3 is 0 Å². The van der Waals surface area contributed by atoms with Crippen molar-refractivity contribution in [2.75, 3.05) is 7.05 Å². The Labute approximate surface area is 84.8 Å². The first-order valence-electron chi connectivity index (χ1n) is 4.01. The van der Waals surface area contributed by atoms with Gasteiger partial charge in [0.05, 0.1) is 0 Å². The minimum atomic E-state index is -0.378.